The van der Waals surface area contributed by atoms with E-state index in [0.717, 1.165) is 30.9 Å². The SMILES string of the molecule is CCCC(N)CNS(=O)(=O)c1cc(S(C)(=O)=O)ccc1F. The van der Waals surface area contributed by atoms with Crippen LogP contribution in [0.25, 0.3) is 0 Å². The zero-order chi connectivity index (χ0) is 16.3. The fourth-order valence-corrected chi connectivity index (χ4v) is 3.61. The molecule has 0 aromatic heterocycles. The summed E-state index contributed by atoms with van der Waals surface area (Å²) in [5.41, 5.74) is 5.69. The molecular weight excluding hydrogens is 319 g/mol. The Kier molecular flexibility index (Phi) is 5.85. The average molecular weight is 338 g/mol. The number of sulfone groups is 1. The fraction of sp³-hybridized carbons (Fsp3) is 0.500. The van der Waals surface area contributed by atoms with Crippen molar-refractivity contribution in [3.05, 3.63) is 24.0 Å². The molecule has 1 unspecified atom stereocenters. The molecule has 0 aliphatic heterocycles. The van der Waals surface area contributed by atoms with Gasteiger partial charge < -0.3 is 5.73 Å². The second-order valence-corrected chi connectivity index (χ2v) is 8.52. The third-order valence-electron chi connectivity index (χ3n) is 2.82. The van der Waals surface area contributed by atoms with Gasteiger partial charge in [-0.05, 0) is 24.6 Å². The lowest BCUT2D eigenvalue weighted by molar-refractivity contribution is 0.538. The van der Waals surface area contributed by atoms with Gasteiger partial charge in [0.1, 0.15) is 10.7 Å². The Bertz CT molecular complexity index is 702. The van der Waals surface area contributed by atoms with Crippen molar-refractivity contribution in [1.82, 2.24) is 4.72 Å². The average Bonchev–Trinajstić information content (AvgIpc) is 2.36. The first-order chi connectivity index (χ1) is 9.58. The molecule has 0 aliphatic rings. The van der Waals surface area contributed by atoms with Gasteiger partial charge in [0.15, 0.2) is 9.84 Å². The third-order valence-corrected chi connectivity index (χ3v) is 5.36. The van der Waals surface area contributed by atoms with Gasteiger partial charge in [-0.3, -0.25) is 0 Å². The van der Waals surface area contributed by atoms with Crippen LogP contribution in [0.15, 0.2) is 28.0 Å². The van der Waals surface area contributed by atoms with Gasteiger partial charge in [0.2, 0.25) is 10.0 Å². The summed E-state index contributed by atoms with van der Waals surface area (Å²) in [6.07, 6.45) is 2.33. The van der Waals surface area contributed by atoms with Gasteiger partial charge in [-0.2, -0.15) is 0 Å². The number of hydrogen-bond donors (Lipinski definition) is 2. The molecule has 0 saturated carbocycles. The van der Waals surface area contributed by atoms with E-state index in [1.165, 1.54) is 0 Å². The summed E-state index contributed by atoms with van der Waals surface area (Å²) in [5, 5.41) is 0. The van der Waals surface area contributed by atoms with Crippen LogP contribution in [0.1, 0.15) is 19.8 Å². The Balaban J connectivity index is 3.08. The molecule has 6 nitrogen and oxygen atoms in total. The van der Waals surface area contributed by atoms with E-state index in [9.17, 15) is 21.2 Å². The highest BCUT2D eigenvalue weighted by molar-refractivity contribution is 7.91. The summed E-state index contributed by atoms with van der Waals surface area (Å²) < 4.78 is 62.8. The predicted octanol–water partition coefficient (Wildman–Crippen LogP) is 0.635. The Hall–Kier alpha value is -1.03. The highest BCUT2D eigenvalue weighted by Crippen LogP contribution is 2.19. The molecule has 21 heavy (non-hydrogen) atoms. The van der Waals surface area contributed by atoms with Crippen LogP contribution in [0.4, 0.5) is 4.39 Å². The molecule has 0 heterocycles. The number of benzene rings is 1. The highest BCUT2D eigenvalue weighted by Gasteiger charge is 2.22. The van der Waals surface area contributed by atoms with Crippen molar-refractivity contribution in [2.45, 2.75) is 35.6 Å². The Morgan fingerprint density at radius 3 is 2.43 bits per heavy atom. The van der Waals surface area contributed by atoms with Crippen molar-refractivity contribution in [2.75, 3.05) is 12.8 Å². The van der Waals surface area contributed by atoms with E-state index in [0.29, 0.717) is 6.42 Å². The molecule has 120 valence electrons. The minimum Gasteiger partial charge on any atom is -0.327 e. The lowest BCUT2D eigenvalue weighted by Crippen LogP contribution is -2.37. The van der Waals surface area contributed by atoms with Crippen molar-refractivity contribution in [3.63, 3.8) is 0 Å². The first-order valence-electron chi connectivity index (χ1n) is 6.32. The van der Waals surface area contributed by atoms with E-state index in [2.05, 4.69) is 4.72 Å². The molecule has 1 aromatic carbocycles. The number of rotatable bonds is 7. The summed E-state index contributed by atoms with van der Waals surface area (Å²) in [7, 11) is -7.78. The lowest BCUT2D eigenvalue weighted by Gasteiger charge is -2.13. The Morgan fingerprint density at radius 1 is 1.29 bits per heavy atom. The Morgan fingerprint density at radius 2 is 1.90 bits per heavy atom. The maximum atomic E-state index is 13.7. The minimum absolute atomic E-state index is 0.0429. The zero-order valence-corrected chi connectivity index (χ0v) is 13.5. The zero-order valence-electron chi connectivity index (χ0n) is 11.8. The molecule has 0 fully saturated rings. The number of nitrogens with two attached hydrogens (primary N) is 1. The molecule has 0 spiro atoms. The van der Waals surface area contributed by atoms with Crippen molar-refractivity contribution < 1.29 is 21.2 Å². The quantitative estimate of drug-likeness (QED) is 0.710. The molecule has 0 aliphatic carbocycles. The van der Waals surface area contributed by atoms with Gasteiger partial charge >= 0.3 is 0 Å². The minimum atomic E-state index is -4.16. The lowest BCUT2D eigenvalue weighted by atomic mass is 10.2. The number of halogens is 1. The molecule has 0 amide bonds. The summed E-state index contributed by atoms with van der Waals surface area (Å²) in [6, 6.07) is 2.26. The van der Waals surface area contributed by atoms with Gasteiger partial charge in [0, 0.05) is 18.8 Å². The van der Waals surface area contributed by atoms with Crippen LogP contribution in [0.2, 0.25) is 0 Å². The third kappa shape index (κ3) is 5.03. The summed E-state index contributed by atoms with van der Waals surface area (Å²) >= 11 is 0. The molecule has 0 radical (unpaired) electrons. The number of sulfonamides is 1. The van der Waals surface area contributed by atoms with Crippen molar-refractivity contribution in [2.24, 2.45) is 5.73 Å². The smallest absolute Gasteiger partial charge is 0.243 e. The molecule has 1 aromatic rings. The fourth-order valence-electron chi connectivity index (χ4n) is 1.69. The van der Waals surface area contributed by atoms with Crippen LogP contribution >= 0.6 is 0 Å². The topological polar surface area (TPSA) is 106 Å². The second-order valence-electron chi connectivity index (χ2n) is 4.77. The van der Waals surface area contributed by atoms with E-state index >= 15 is 0 Å². The van der Waals surface area contributed by atoms with Crippen LogP contribution in [0.5, 0.6) is 0 Å². The Labute approximate surface area is 124 Å². The van der Waals surface area contributed by atoms with Crippen molar-refractivity contribution in [1.29, 1.82) is 0 Å². The largest absolute Gasteiger partial charge is 0.327 e. The molecule has 3 N–H and O–H groups in total. The first kappa shape index (κ1) is 18.0. The maximum absolute atomic E-state index is 13.7. The molecular formula is C12H19FN2O4S2. The molecule has 1 atom stereocenters. The number of nitrogens with one attached hydrogen (secondary N) is 1. The molecule has 1 rings (SSSR count). The van der Waals surface area contributed by atoms with E-state index in [1.54, 1.807) is 0 Å². The maximum Gasteiger partial charge on any atom is 0.243 e. The predicted molar refractivity (Wildman–Crippen MR) is 77.6 cm³/mol. The number of hydrogen-bond acceptors (Lipinski definition) is 5. The van der Waals surface area contributed by atoms with E-state index < -0.39 is 30.6 Å². The second kappa shape index (κ2) is 6.82. The van der Waals surface area contributed by atoms with Crippen LogP contribution in [0, 0.1) is 5.82 Å². The van der Waals surface area contributed by atoms with Crippen LogP contribution in [-0.4, -0.2) is 35.7 Å². The van der Waals surface area contributed by atoms with Gasteiger partial charge in [-0.25, -0.2) is 25.9 Å². The van der Waals surface area contributed by atoms with Gasteiger partial charge in [-0.1, -0.05) is 13.3 Å². The van der Waals surface area contributed by atoms with Crippen molar-refractivity contribution >= 4 is 19.9 Å². The van der Waals surface area contributed by atoms with E-state index in [-0.39, 0.29) is 17.5 Å². The summed E-state index contributed by atoms with van der Waals surface area (Å²) in [5.74, 6) is -1.01. The van der Waals surface area contributed by atoms with Gasteiger partial charge in [0.25, 0.3) is 0 Å². The van der Waals surface area contributed by atoms with Crippen LogP contribution in [0.3, 0.4) is 0 Å². The highest BCUT2D eigenvalue weighted by atomic mass is 32.2. The summed E-state index contributed by atoms with van der Waals surface area (Å²) in [4.78, 5) is -0.962. The normalized spacial score (nSPS) is 14.1. The van der Waals surface area contributed by atoms with E-state index in [4.69, 9.17) is 5.73 Å². The molecule has 9 heteroatoms. The van der Waals surface area contributed by atoms with Gasteiger partial charge in [0.05, 0.1) is 4.90 Å². The monoisotopic (exact) mass is 338 g/mol. The van der Waals surface area contributed by atoms with Crippen LogP contribution in [-0.2, 0) is 19.9 Å². The van der Waals surface area contributed by atoms with Crippen molar-refractivity contribution in [3.8, 4) is 0 Å². The first-order valence-corrected chi connectivity index (χ1v) is 9.70. The van der Waals surface area contributed by atoms with Gasteiger partial charge in [-0.15, -0.1) is 0 Å². The van der Waals surface area contributed by atoms with E-state index in [1.807, 2.05) is 6.92 Å². The molecule has 0 bridgehead atoms. The standard InChI is InChI=1S/C12H19FN2O4S2/c1-3-4-9(14)8-15-21(18,19)12-7-10(20(2,16)17)5-6-11(12)13/h5-7,9,15H,3-4,8,14H2,1-2H3. The summed E-state index contributed by atoms with van der Waals surface area (Å²) in [6.45, 7) is 1.86. The molecule has 0 saturated heterocycles. The van der Waals surface area contributed by atoms with Crippen LogP contribution < -0.4 is 10.5 Å².